The number of guanidine groups is 1. The molecule has 4 atom stereocenters. The number of aryl methyl sites for hydroxylation is 1. The molecule has 4 aliphatic rings. The summed E-state index contributed by atoms with van der Waals surface area (Å²) in [6.07, 6.45) is 9.23. The van der Waals surface area contributed by atoms with E-state index < -0.39 is 0 Å². The van der Waals surface area contributed by atoms with Crippen molar-refractivity contribution in [2.45, 2.75) is 70.6 Å². The molecule has 0 aliphatic carbocycles. The number of hydrogen-bond donors (Lipinski definition) is 1. The minimum atomic E-state index is 0.499. The summed E-state index contributed by atoms with van der Waals surface area (Å²) >= 11 is 0. The Labute approximate surface area is 161 Å². The maximum Gasteiger partial charge on any atom is 0.193 e. The molecule has 148 valence electrons. The zero-order valence-corrected chi connectivity index (χ0v) is 16.4. The third-order valence-corrected chi connectivity index (χ3v) is 6.87. The summed E-state index contributed by atoms with van der Waals surface area (Å²) in [5.74, 6) is 4.76. The number of hydrogen-bond acceptors (Lipinski definition) is 4. The van der Waals surface area contributed by atoms with E-state index in [1.807, 2.05) is 0 Å². The van der Waals surface area contributed by atoms with Crippen LogP contribution < -0.4 is 5.32 Å². The molecule has 0 amide bonds. The summed E-state index contributed by atoms with van der Waals surface area (Å²) in [5.41, 5.74) is 0. The molecule has 0 radical (unpaired) electrons. The smallest absolute Gasteiger partial charge is 0.193 e. The summed E-state index contributed by atoms with van der Waals surface area (Å²) in [6.45, 7) is 7.09. The summed E-state index contributed by atoms with van der Waals surface area (Å²) in [4.78, 5) is 7.42. The zero-order chi connectivity index (χ0) is 18.2. The summed E-state index contributed by atoms with van der Waals surface area (Å²) < 4.78 is 8.45. The fourth-order valence-corrected chi connectivity index (χ4v) is 5.55. The molecule has 3 saturated heterocycles. The minimum absolute atomic E-state index is 0.499. The fraction of sp³-hybridized carbons (Fsp3) is 0.850. The molecule has 3 fully saturated rings. The monoisotopic (exact) mass is 372 g/mol. The Bertz CT molecular complexity index is 683. The van der Waals surface area contributed by atoms with Gasteiger partial charge in [0.15, 0.2) is 5.96 Å². The van der Waals surface area contributed by atoms with Crippen LogP contribution in [0.25, 0.3) is 0 Å². The number of fused-ring (bicyclic) bond motifs is 6. The average molecular weight is 373 g/mol. The topological polar surface area (TPSA) is 67.6 Å². The van der Waals surface area contributed by atoms with Crippen LogP contribution in [0.15, 0.2) is 4.99 Å². The van der Waals surface area contributed by atoms with Gasteiger partial charge in [-0.25, -0.2) is 0 Å². The van der Waals surface area contributed by atoms with E-state index in [1.54, 1.807) is 0 Å². The van der Waals surface area contributed by atoms with Crippen molar-refractivity contribution in [1.82, 2.24) is 25.0 Å². The van der Waals surface area contributed by atoms with E-state index in [2.05, 4.69) is 31.9 Å². The van der Waals surface area contributed by atoms with Crippen LogP contribution in [0.4, 0.5) is 0 Å². The van der Waals surface area contributed by atoms with Crippen molar-refractivity contribution in [2.75, 3.05) is 26.2 Å². The summed E-state index contributed by atoms with van der Waals surface area (Å²) in [6, 6.07) is 0. The highest BCUT2D eigenvalue weighted by atomic mass is 16.5. The quantitative estimate of drug-likeness (QED) is 0.643. The van der Waals surface area contributed by atoms with Gasteiger partial charge in [-0.15, -0.1) is 10.2 Å². The Kier molecular flexibility index (Phi) is 4.80. The lowest BCUT2D eigenvalue weighted by Crippen LogP contribution is -2.41. The molecule has 27 heavy (non-hydrogen) atoms. The van der Waals surface area contributed by atoms with Crippen LogP contribution in [0.3, 0.4) is 0 Å². The largest absolute Gasteiger partial charge is 0.374 e. The minimum Gasteiger partial charge on any atom is -0.374 e. The van der Waals surface area contributed by atoms with Crippen molar-refractivity contribution in [1.29, 1.82) is 0 Å². The third kappa shape index (κ3) is 3.24. The molecule has 5 rings (SSSR count). The molecule has 0 aromatic carbocycles. The summed E-state index contributed by atoms with van der Waals surface area (Å²) in [5, 5.41) is 12.4. The lowest BCUT2D eigenvalue weighted by molar-refractivity contribution is 0.0767. The van der Waals surface area contributed by atoms with Crippen molar-refractivity contribution in [3.8, 4) is 0 Å². The SMILES string of the molecule is CCNC(=NCCc1nnc2n1CCCCC2)N1CC2C3CCC(O3)C2C1. The van der Waals surface area contributed by atoms with E-state index >= 15 is 0 Å². The van der Waals surface area contributed by atoms with Gasteiger partial charge in [0.2, 0.25) is 0 Å². The van der Waals surface area contributed by atoms with Gasteiger partial charge in [-0.05, 0) is 32.6 Å². The van der Waals surface area contributed by atoms with Crippen molar-refractivity contribution in [3.63, 3.8) is 0 Å². The number of aromatic nitrogens is 3. The Morgan fingerprint density at radius 1 is 1.15 bits per heavy atom. The Morgan fingerprint density at radius 2 is 1.96 bits per heavy atom. The van der Waals surface area contributed by atoms with E-state index in [-0.39, 0.29) is 0 Å². The van der Waals surface area contributed by atoms with Gasteiger partial charge < -0.3 is 19.5 Å². The van der Waals surface area contributed by atoms with E-state index in [9.17, 15) is 0 Å². The van der Waals surface area contributed by atoms with Gasteiger partial charge in [0.05, 0.1) is 12.2 Å². The molecular formula is C20H32N6O. The van der Waals surface area contributed by atoms with Gasteiger partial charge >= 0.3 is 0 Å². The highest BCUT2D eigenvalue weighted by Crippen LogP contribution is 2.47. The fourth-order valence-electron chi connectivity index (χ4n) is 5.55. The Balaban J connectivity index is 1.24. The van der Waals surface area contributed by atoms with Crippen LogP contribution in [0.5, 0.6) is 0 Å². The highest BCUT2D eigenvalue weighted by Gasteiger charge is 2.53. The van der Waals surface area contributed by atoms with Gasteiger partial charge in [-0.1, -0.05) is 6.42 Å². The lowest BCUT2D eigenvalue weighted by atomic mass is 9.82. The van der Waals surface area contributed by atoms with Crippen molar-refractivity contribution in [2.24, 2.45) is 16.8 Å². The van der Waals surface area contributed by atoms with Gasteiger partial charge in [-0.2, -0.15) is 0 Å². The molecule has 1 N–H and O–H groups in total. The molecule has 7 heteroatoms. The molecule has 4 aliphatic heterocycles. The second-order valence-corrected chi connectivity index (χ2v) is 8.50. The van der Waals surface area contributed by atoms with Crippen LogP contribution in [-0.4, -0.2) is 64.0 Å². The van der Waals surface area contributed by atoms with Gasteiger partial charge in [0.1, 0.15) is 11.6 Å². The van der Waals surface area contributed by atoms with Crippen molar-refractivity contribution >= 4 is 5.96 Å². The Hall–Kier alpha value is -1.63. The molecule has 2 bridgehead atoms. The first-order valence-electron chi connectivity index (χ1n) is 10.9. The van der Waals surface area contributed by atoms with E-state index in [0.717, 1.165) is 57.3 Å². The molecule has 7 nitrogen and oxygen atoms in total. The molecule has 0 spiro atoms. The van der Waals surface area contributed by atoms with Crippen LogP contribution in [0, 0.1) is 11.8 Å². The number of aliphatic imine (C=N–C) groups is 1. The van der Waals surface area contributed by atoms with Crippen LogP contribution >= 0.6 is 0 Å². The second-order valence-electron chi connectivity index (χ2n) is 8.50. The standard InChI is InChI=1S/C20H32N6O/c1-2-21-20(25-12-14-15(13-25)17-8-7-16(14)27-17)22-10-9-19-24-23-18-6-4-3-5-11-26(18)19/h14-17H,2-13H2,1H3,(H,21,22). The normalized spacial score (nSPS) is 32.5. The van der Waals surface area contributed by atoms with Crippen molar-refractivity contribution in [3.05, 3.63) is 11.6 Å². The number of nitrogens with zero attached hydrogens (tertiary/aromatic N) is 5. The molecular weight excluding hydrogens is 340 g/mol. The zero-order valence-electron chi connectivity index (χ0n) is 16.4. The predicted molar refractivity (Wildman–Crippen MR) is 104 cm³/mol. The maximum absolute atomic E-state index is 6.12. The van der Waals surface area contributed by atoms with E-state index in [1.165, 1.54) is 37.9 Å². The van der Waals surface area contributed by atoms with E-state index in [0.29, 0.717) is 24.0 Å². The average Bonchev–Trinajstić information content (AvgIpc) is 3.41. The molecule has 4 unspecified atom stereocenters. The molecule has 0 saturated carbocycles. The Morgan fingerprint density at radius 3 is 2.74 bits per heavy atom. The van der Waals surface area contributed by atoms with Crippen molar-refractivity contribution < 1.29 is 4.74 Å². The molecule has 5 heterocycles. The summed E-state index contributed by atoms with van der Waals surface area (Å²) in [7, 11) is 0. The van der Waals surface area contributed by atoms with Crippen LogP contribution in [-0.2, 0) is 24.1 Å². The number of rotatable bonds is 4. The van der Waals surface area contributed by atoms with Gasteiger partial charge in [-0.3, -0.25) is 4.99 Å². The lowest BCUT2D eigenvalue weighted by Gasteiger charge is -2.23. The van der Waals surface area contributed by atoms with Crippen LogP contribution in [0.1, 0.15) is 50.7 Å². The molecule has 1 aromatic rings. The number of nitrogens with one attached hydrogen (secondary N) is 1. The maximum atomic E-state index is 6.12. The second kappa shape index (κ2) is 7.41. The van der Waals surface area contributed by atoms with E-state index in [4.69, 9.17) is 9.73 Å². The first-order valence-corrected chi connectivity index (χ1v) is 10.9. The highest BCUT2D eigenvalue weighted by molar-refractivity contribution is 5.80. The number of ether oxygens (including phenoxy) is 1. The van der Waals surface area contributed by atoms with Gasteiger partial charge in [0.25, 0.3) is 0 Å². The third-order valence-electron chi connectivity index (χ3n) is 6.87. The first-order chi connectivity index (χ1) is 13.3. The predicted octanol–water partition coefficient (Wildman–Crippen LogP) is 1.62. The van der Waals surface area contributed by atoms with Crippen LogP contribution in [0.2, 0.25) is 0 Å². The number of likely N-dealkylation sites (tertiary alicyclic amines) is 1. The van der Waals surface area contributed by atoms with Gasteiger partial charge in [0, 0.05) is 57.4 Å². The first kappa shape index (κ1) is 17.5. The molecule has 1 aromatic heterocycles.